The summed E-state index contributed by atoms with van der Waals surface area (Å²) in [6.45, 7) is 0.0210. The third kappa shape index (κ3) is 2.03. The molecule has 0 aliphatic heterocycles. The van der Waals surface area contributed by atoms with E-state index in [1.807, 2.05) is 10.7 Å². The summed E-state index contributed by atoms with van der Waals surface area (Å²) in [6.07, 6.45) is 4.02. The molecule has 0 atom stereocenters. The summed E-state index contributed by atoms with van der Waals surface area (Å²) in [5.41, 5.74) is 2.87. The van der Waals surface area contributed by atoms with Gasteiger partial charge in [0.05, 0.1) is 34.2 Å². The van der Waals surface area contributed by atoms with Crippen molar-refractivity contribution >= 4 is 23.2 Å². The Labute approximate surface area is 115 Å². The number of nitrogens with zero attached hydrogens (tertiary/aromatic N) is 2. The van der Waals surface area contributed by atoms with Gasteiger partial charge >= 0.3 is 0 Å². The van der Waals surface area contributed by atoms with Crippen molar-refractivity contribution in [3.05, 3.63) is 45.7 Å². The molecular weight excluding hydrogens is 271 g/mol. The molecule has 0 saturated heterocycles. The largest absolute Gasteiger partial charge is 0.392 e. The van der Waals surface area contributed by atoms with Gasteiger partial charge < -0.3 is 5.11 Å². The molecule has 94 valence electrons. The highest BCUT2D eigenvalue weighted by molar-refractivity contribution is 6.42. The number of aliphatic hydroxyl groups excluding tert-OH is 1. The summed E-state index contributed by atoms with van der Waals surface area (Å²) in [7, 11) is 0. The molecule has 3 nitrogen and oxygen atoms in total. The quantitative estimate of drug-likeness (QED) is 0.935. The van der Waals surface area contributed by atoms with Crippen LogP contribution in [0.1, 0.15) is 30.0 Å². The highest BCUT2D eigenvalue weighted by atomic mass is 35.5. The molecule has 1 aliphatic carbocycles. The standard InChI is InChI=1S/C13H12Cl2N2O/c14-11-4-3-10(5-12(11)15)17-13(8-1-2-8)9(7-18)6-16-17/h3-6,8,18H,1-2,7H2. The molecule has 2 aromatic rings. The Morgan fingerprint density at radius 1 is 1.28 bits per heavy atom. The monoisotopic (exact) mass is 282 g/mol. The van der Waals surface area contributed by atoms with Gasteiger partial charge in [0.1, 0.15) is 0 Å². The van der Waals surface area contributed by atoms with Crippen LogP contribution in [0.3, 0.4) is 0 Å². The van der Waals surface area contributed by atoms with E-state index in [9.17, 15) is 5.11 Å². The second-order valence-corrected chi connectivity index (χ2v) is 5.31. The van der Waals surface area contributed by atoms with Crippen molar-refractivity contribution < 1.29 is 5.11 Å². The van der Waals surface area contributed by atoms with Crippen LogP contribution in [-0.2, 0) is 6.61 Å². The van der Waals surface area contributed by atoms with Crippen LogP contribution in [0, 0.1) is 0 Å². The highest BCUT2D eigenvalue weighted by Gasteiger charge is 2.30. The van der Waals surface area contributed by atoms with Crippen LogP contribution in [-0.4, -0.2) is 14.9 Å². The van der Waals surface area contributed by atoms with Gasteiger partial charge in [0.15, 0.2) is 0 Å². The van der Waals surface area contributed by atoms with Crippen LogP contribution in [0.15, 0.2) is 24.4 Å². The molecule has 0 unspecified atom stereocenters. The van der Waals surface area contributed by atoms with E-state index in [-0.39, 0.29) is 6.61 Å². The van der Waals surface area contributed by atoms with E-state index in [0.717, 1.165) is 29.8 Å². The van der Waals surface area contributed by atoms with E-state index >= 15 is 0 Å². The van der Waals surface area contributed by atoms with Crippen LogP contribution in [0.2, 0.25) is 10.0 Å². The van der Waals surface area contributed by atoms with Crippen molar-refractivity contribution in [1.82, 2.24) is 9.78 Å². The SMILES string of the molecule is OCc1cnn(-c2ccc(Cl)c(Cl)c2)c1C1CC1. The summed E-state index contributed by atoms with van der Waals surface area (Å²) < 4.78 is 1.85. The van der Waals surface area contributed by atoms with Gasteiger partial charge in [0.2, 0.25) is 0 Å². The molecule has 1 saturated carbocycles. The van der Waals surface area contributed by atoms with Crippen molar-refractivity contribution in [2.24, 2.45) is 0 Å². The lowest BCUT2D eigenvalue weighted by Gasteiger charge is -2.09. The molecule has 1 fully saturated rings. The van der Waals surface area contributed by atoms with Gasteiger partial charge in [-0.1, -0.05) is 23.2 Å². The van der Waals surface area contributed by atoms with E-state index in [1.165, 1.54) is 0 Å². The fourth-order valence-electron chi connectivity index (χ4n) is 2.13. The van der Waals surface area contributed by atoms with E-state index in [0.29, 0.717) is 16.0 Å². The van der Waals surface area contributed by atoms with Crippen molar-refractivity contribution in [3.8, 4) is 5.69 Å². The fraction of sp³-hybridized carbons (Fsp3) is 0.308. The minimum Gasteiger partial charge on any atom is -0.392 e. The van der Waals surface area contributed by atoms with Crippen molar-refractivity contribution in [3.63, 3.8) is 0 Å². The zero-order valence-corrected chi connectivity index (χ0v) is 11.1. The first-order chi connectivity index (χ1) is 8.70. The second kappa shape index (κ2) is 4.57. The molecule has 18 heavy (non-hydrogen) atoms. The minimum absolute atomic E-state index is 0.0210. The van der Waals surface area contributed by atoms with Crippen LogP contribution in [0.25, 0.3) is 5.69 Å². The fourth-order valence-corrected chi connectivity index (χ4v) is 2.42. The van der Waals surface area contributed by atoms with Crippen molar-refractivity contribution in [2.75, 3.05) is 0 Å². The average molecular weight is 283 g/mol. The first-order valence-corrected chi connectivity index (χ1v) is 6.59. The molecular formula is C13H12Cl2N2O. The summed E-state index contributed by atoms with van der Waals surface area (Å²) >= 11 is 11.9. The van der Waals surface area contributed by atoms with Gasteiger partial charge in [-0.3, -0.25) is 0 Å². The Morgan fingerprint density at radius 2 is 2.06 bits per heavy atom. The third-order valence-corrected chi connectivity index (χ3v) is 3.91. The predicted octanol–water partition coefficient (Wildman–Crippen LogP) is 3.55. The minimum atomic E-state index is 0.0210. The van der Waals surface area contributed by atoms with Crippen LogP contribution >= 0.6 is 23.2 Å². The zero-order chi connectivity index (χ0) is 12.7. The Hall–Kier alpha value is -1.03. The number of hydrogen-bond donors (Lipinski definition) is 1. The van der Waals surface area contributed by atoms with Gasteiger partial charge in [0, 0.05) is 11.5 Å². The number of halogens is 2. The molecule has 1 aliphatic rings. The Morgan fingerprint density at radius 3 is 2.67 bits per heavy atom. The van der Waals surface area contributed by atoms with E-state index in [4.69, 9.17) is 23.2 Å². The molecule has 0 spiro atoms. The first-order valence-electron chi connectivity index (χ1n) is 5.84. The average Bonchev–Trinajstić information content (AvgIpc) is 3.12. The van der Waals surface area contributed by atoms with E-state index in [2.05, 4.69) is 5.10 Å². The van der Waals surface area contributed by atoms with E-state index < -0.39 is 0 Å². The van der Waals surface area contributed by atoms with Crippen LogP contribution in [0.4, 0.5) is 0 Å². The molecule has 1 N–H and O–H groups in total. The maximum atomic E-state index is 9.35. The topological polar surface area (TPSA) is 38.1 Å². The summed E-state index contributed by atoms with van der Waals surface area (Å²) in [6, 6.07) is 5.44. The molecule has 0 bridgehead atoms. The van der Waals surface area contributed by atoms with Gasteiger partial charge in [-0.05, 0) is 31.0 Å². The first kappa shape index (κ1) is 12.0. The molecule has 3 rings (SSSR count). The van der Waals surface area contributed by atoms with Crippen LogP contribution in [0.5, 0.6) is 0 Å². The lowest BCUT2D eigenvalue weighted by molar-refractivity contribution is 0.280. The number of aliphatic hydroxyl groups is 1. The zero-order valence-electron chi connectivity index (χ0n) is 9.61. The summed E-state index contributed by atoms with van der Waals surface area (Å²) in [5.74, 6) is 0.504. The third-order valence-electron chi connectivity index (χ3n) is 3.17. The van der Waals surface area contributed by atoms with Gasteiger partial charge in [-0.15, -0.1) is 0 Å². The van der Waals surface area contributed by atoms with Crippen LogP contribution < -0.4 is 0 Å². The Bertz CT molecular complexity index is 591. The summed E-state index contributed by atoms with van der Waals surface area (Å²) in [4.78, 5) is 0. The number of hydrogen-bond acceptors (Lipinski definition) is 2. The molecule has 1 aromatic heterocycles. The lowest BCUT2D eigenvalue weighted by Crippen LogP contribution is -2.02. The number of aromatic nitrogens is 2. The normalized spacial score (nSPS) is 15.1. The molecule has 1 heterocycles. The van der Waals surface area contributed by atoms with Gasteiger partial charge in [-0.2, -0.15) is 5.10 Å². The maximum absolute atomic E-state index is 9.35. The molecule has 0 amide bonds. The van der Waals surface area contributed by atoms with Crippen molar-refractivity contribution in [1.29, 1.82) is 0 Å². The molecule has 5 heteroatoms. The second-order valence-electron chi connectivity index (χ2n) is 4.50. The number of rotatable bonds is 3. The Balaban J connectivity index is 2.10. The molecule has 1 aromatic carbocycles. The van der Waals surface area contributed by atoms with Gasteiger partial charge in [-0.25, -0.2) is 4.68 Å². The molecule has 0 radical (unpaired) electrons. The number of benzene rings is 1. The van der Waals surface area contributed by atoms with Gasteiger partial charge in [0.25, 0.3) is 0 Å². The predicted molar refractivity (Wildman–Crippen MR) is 71.5 cm³/mol. The maximum Gasteiger partial charge on any atom is 0.0715 e. The summed E-state index contributed by atoms with van der Waals surface area (Å²) in [5, 5.41) is 14.7. The lowest BCUT2D eigenvalue weighted by atomic mass is 10.2. The smallest absolute Gasteiger partial charge is 0.0715 e. The van der Waals surface area contributed by atoms with Crippen molar-refractivity contribution in [2.45, 2.75) is 25.4 Å². The highest BCUT2D eigenvalue weighted by Crippen LogP contribution is 2.42. The van der Waals surface area contributed by atoms with E-state index in [1.54, 1.807) is 18.3 Å². The Kier molecular flexibility index (Phi) is 3.06.